The van der Waals surface area contributed by atoms with Crippen LogP contribution in [0.25, 0.3) is 0 Å². The second kappa shape index (κ2) is 4.26. The Morgan fingerprint density at radius 1 is 1.06 bits per heavy atom. The monoisotopic (exact) mass is 252 g/mol. The molecule has 0 bridgehead atoms. The molecule has 0 aromatic carbocycles. The van der Waals surface area contributed by atoms with E-state index >= 15 is 0 Å². The van der Waals surface area contributed by atoms with E-state index in [0.29, 0.717) is 0 Å². The fraction of sp³-hybridized carbons (Fsp3) is 0.636. The first-order valence-corrected chi connectivity index (χ1v) is 6.80. The van der Waals surface area contributed by atoms with E-state index in [9.17, 15) is 0 Å². The average Bonchev–Trinajstić information content (AvgIpc) is 2.48. The third-order valence-corrected chi connectivity index (χ3v) is 3.93. The Bertz CT molecular complexity index is 392. The van der Waals surface area contributed by atoms with Crippen LogP contribution in [0.1, 0.15) is 27.7 Å². The molecule has 2 rings (SSSR count). The largest absolute Gasteiger partial charge is 0.498 e. The maximum Gasteiger partial charge on any atom is 0.498 e. The van der Waals surface area contributed by atoms with Gasteiger partial charge in [-0.1, -0.05) is 11.8 Å². The summed E-state index contributed by atoms with van der Waals surface area (Å²) in [5, 5.41) is 0.755. The molecule has 1 aromatic heterocycles. The lowest BCUT2D eigenvalue weighted by atomic mass is 9.81. The van der Waals surface area contributed by atoms with Crippen molar-refractivity contribution in [3.05, 3.63) is 12.4 Å². The zero-order chi connectivity index (χ0) is 12.7. The Balaban J connectivity index is 2.20. The molecule has 0 spiro atoms. The molecule has 0 aliphatic carbocycles. The second-order valence-electron chi connectivity index (χ2n) is 5.09. The minimum atomic E-state index is -0.379. The topological polar surface area (TPSA) is 44.2 Å². The highest BCUT2D eigenvalue weighted by Gasteiger charge is 2.51. The van der Waals surface area contributed by atoms with E-state index in [1.807, 2.05) is 34.0 Å². The molecule has 0 atom stereocenters. The Labute approximate surface area is 107 Å². The van der Waals surface area contributed by atoms with Crippen molar-refractivity contribution in [2.45, 2.75) is 44.1 Å². The summed E-state index contributed by atoms with van der Waals surface area (Å²) < 4.78 is 11.8. The molecule has 17 heavy (non-hydrogen) atoms. The summed E-state index contributed by atoms with van der Waals surface area (Å²) in [6.07, 6.45) is 5.48. The van der Waals surface area contributed by atoms with Crippen molar-refractivity contribution in [1.29, 1.82) is 0 Å². The van der Waals surface area contributed by atoms with Crippen molar-refractivity contribution in [2.75, 3.05) is 6.26 Å². The van der Waals surface area contributed by atoms with Crippen LogP contribution in [-0.4, -0.2) is 34.5 Å². The highest BCUT2D eigenvalue weighted by Crippen LogP contribution is 2.36. The number of hydrogen-bond acceptors (Lipinski definition) is 5. The molecule has 1 aromatic rings. The molecule has 1 aliphatic heterocycles. The van der Waals surface area contributed by atoms with Crippen LogP contribution in [-0.2, 0) is 9.31 Å². The molecule has 0 unspecified atom stereocenters. The first-order valence-electron chi connectivity index (χ1n) is 5.57. The van der Waals surface area contributed by atoms with Gasteiger partial charge in [0.15, 0.2) is 5.16 Å². The Morgan fingerprint density at radius 2 is 1.53 bits per heavy atom. The summed E-state index contributed by atoms with van der Waals surface area (Å²) in [4.78, 5) is 8.46. The number of rotatable bonds is 2. The zero-order valence-corrected chi connectivity index (χ0v) is 11.7. The van der Waals surface area contributed by atoms with Gasteiger partial charge in [-0.2, -0.15) is 0 Å². The van der Waals surface area contributed by atoms with Gasteiger partial charge in [0.05, 0.1) is 11.2 Å². The molecule has 1 aliphatic rings. The van der Waals surface area contributed by atoms with E-state index in [-0.39, 0.29) is 18.3 Å². The summed E-state index contributed by atoms with van der Waals surface area (Å²) in [6.45, 7) is 8.13. The number of nitrogens with zero attached hydrogens (tertiary/aromatic N) is 2. The fourth-order valence-electron chi connectivity index (χ4n) is 1.53. The Hall–Kier alpha value is -0.585. The van der Waals surface area contributed by atoms with Crippen molar-refractivity contribution in [3.8, 4) is 0 Å². The predicted octanol–water partition coefficient (Wildman–Crippen LogP) is 1.50. The van der Waals surface area contributed by atoms with Gasteiger partial charge in [-0.05, 0) is 34.0 Å². The van der Waals surface area contributed by atoms with Crippen LogP contribution in [0.15, 0.2) is 17.6 Å². The molecule has 92 valence electrons. The zero-order valence-electron chi connectivity index (χ0n) is 10.9. The molecular weight excluding hydrogens is 235 g/mol. The van der Waals surface area contributed by atoms with Crippen molar-refractivity contribution in [3.63, 3.8) is 0 Å². The van der Waals surface area contributed by atoms with Gasteiger partial charge >= 0.3 is 7.12 Å². The van der Waals surface area contributed by atoms with Gasteiger partial charge in [-0.25, -0.2) is 9.97 Å². The van der Waals surface area contributed by atoms with Gasteiger partial charge in [0, 0.05) is 17.9 Å². The van der Waals surface area contributed by atoms with Crippen LogP contribution in [0.2, 0.25) is 0 Å². The van der Waals surface area contributed by atoms with Crippen LogP contribution in [0, 0.1) is 0 Å². The van der Waals surface area contributed by atoms with Crippen LogP contribution < -0.4 is 5.46 Å². The minimum Gasteiger partial charge on any atom is -0.399 e. The van der Waals surface area contributed by atoms with Crippen LogP contribution in [0.5, 0.6) is 0 Å². The number of aromatic nitrogens is 2. The predicted molar refractivity (Wildman–Crippen MR) is 69.5 cm³/mol. The average molecular weight is 252 g/mol. The SMILES string of the molecule is CSc1ncc(B2OC(C)(C)C(C)(C)O2)cn1. The van der Waals surface area contributed by atoms with E-state index in [1.165, 1.54) is 11.8 Å². The van der Waals surface area contributed by atoms with E-state index in [0.717, 1.165) is 10.6 Å². The van der Waals surface area contributed by atoms with Gasteiger partial charge < -0.3 is 9.31 Å². The number of thioether (sulfide) groups is 1. The minimum absolute atomic E-state index is 0.324. The molecule has 1 fully saturated rings. The van der Waals surface area contributed by atoms with Crippen molar-refractivity contribution >= 4 is 24.3 Å². The second-order valence-corrected chi connectivity index (χ2v) is 5.86. The molecule has 1 saturated heterocycles. The molecular formula is C11H17BN2O2S. The quantitative estimate of drug-likeness (QED) is 0.453. The summed E-state index contributed by atoms with van der Waals surface area (Å²) in [5.41, 5.74) is 0.215. The highest BCUT2D eigenvalue weighted by atomic mass is 32.2. The van der Waals surface area contributed by atoms with Crippen LogP contribution >= 0.6 is 11.8 Å². The van der Waals surface area contributed by atoms with Crippen molar-refractivity contribution < 1.29 is 9.31 Å². The van der Waals surface area contributed by atoms with Gasteiger partial charge in [0.2, 0.25) is 0 Å². The normalized spacial score (nSPS) is 21.8. The van der Waals surface area contributed by atoms with E-state index in [2.05, 4.69) is 9.97 Å². The summed E-state index contributed by atoms with van der Waals surface area (Å²) >= 11 is 1.52. The van der Waals surface area contributed by atoms with E-state index in [1.54, 1.807) is 12.4 Å². The fourth-order valence-corrected chi connectivity index (χ4v) is 1.85. The number of hydrogen-bond donors (Lipinski definition) is 0. The maximum atomic E-state index is 5.91. The van der Waals surface area contributed by atoms with Crippen molar-refractivity contribution in [1.82, 2.24) is 9.97 Å². The summed E-state index contributed by atoms with van der Waals surface area (Å²) in [5.74, 6) is 0. The third-order valence-electron chi connectivity index (χ3n) is 3.36. The lowest BCUT2D eigenvalue weighted by Gasteiger charge is -2.32. The van der Waals surface area contributed by atoms with E-state index in [4.69, 9.17) is 9.31 Å². The van der Waals surface area contributed by atoms with Gasteiger partial charge in [-0.3, -0.25) is 0 Å². The molecule has 2 heterocycles. The highest BCUT2D eigenvalue weighted by molar-refractivity contribution is 7.98. The summed E-state index contributed by atoms with van der Waals surface area (Å²) in [7, 11) is -0.379. The molecule has 0 radical (unpaired) electrons. The van der Waals surface area contributed by atoms with Crippen molar-refractivity contribution in [2.24, 2.45) is 0 Å². The molecule has 6 heteroatoms. The molecule has 0 saturated carbocycles. The first-order chi connectivity index (χ1) is 7.86. The molecule has 4 nitrogen and oxygen atoms in total. The smallest absolute Gasteiger partial charge is 0.399 e. The van der Waals surface area contributed by atoms with Gasteiger partial charge in [-0.15, -0.1) is 0 Å². The lowest BCUT2D eigenvalue weighted by Crippen LogP contribution is -2.41. The van der Waals surface area contributed by atoms with Gasteiger partial charge in [0.1, 0.15) is 0 Å². The van der Waals surface area contributed by atoms with Crippen LogP contribution in [0.4, 0.5) is 0 Å². The Morgan fingerprint density at radius 3 is 1.94 bits per heavy atom. The maximum absolute atomic E-state index is 5.91. The molecule has 0 N–H and O–H groups in total. The standard InChI is InChI=1S/C11H17BN2O2S/c1-10(2)11(3,4)16-12(15-10)8-6-13-9(17-5)14-7-8/h6-7H,1-5H3. The van der Waals surface area contributed by atoms with Gasteiger partial charge in [0.25, 0.3) is 0 Å². The molecule has 0 amide bonds. The summed E-state index contributed by atoms with van der Waals surface area (Å²) in [6, 6.07) is 0. The van der Waals surface area contributed by atoms with Crippen LogP contribution in [0.3, 0.4) is 0 Å². The Kier molecular flexibility index (Phi) is 3.22. The third kappa shape index (κ3) is 2.34. The lowest BCUT2D eigenvalue weighted by molar-refractivity contribution is 0.00578. The first kappa shape index (κ1) is 12.9. The van der Waals surface area contributed by atoms with E-state index < -0.39 is 0 Å².